The highest BCUT2D eigenvalue weighted by atomic mass is 16.7. The summed E-state index contributed by atoms with van der Waals surface area (Å²) in [7, 11) is 0. The fraction of sp³-hybridized carbons (Fsp3) is 0.286. The molecule has 1 atom stereocenters. The van der Waals surface area contributed by atoms with Crippen molar-refractivity contribution in [3.05, 3.63) is 34.0 Å². The molecule has 0 heterocycles. The van der Waals surface area contributed by atoms with Crippen molar-refractivity contribution in [3.63, 3.8) is 0 Å². The summed E-state index contributed by atoms with van der Waals surface area (Å²) in [4.78, 5) is 19.8. The van der Waals surface area contributed by atoms with E-state index in [-0.39, 0.29) is 12.1 Å². The highest BCUT2D eigenvalue weighted by molar-refractivity contribution is 5.57. The van der Waals surface area contributed by atoms with Gasteiger partial charge in [-0.2, -0.15) is 0 Å². The van der Waals surface area contributed by atoms with E-state index in [1.54, 1.807) is 0 Å². The third kappa shape index (κ3) is 2.58. The molecule has 1 rings (SSSR count). The van der Waals surface area contributed by atoms with Gasteiger partial charge in [0.15, 0.2) is 0 Å². The zero-order valence-corrected chi connectivity index (χ0v) is 6.54. The molecular formula is C7H7NO5. The Hall–Kier alpha value is -1.85. The minimum atomic E-state index is -1.38. The third-order valence-electron chi connectivity index (χ3n) is 1.50. The van der Waals surface area contributed by atoms with Gasteiger partial charge in [-0.05, 0) is 12.2 Å². The lowest BCUT2D eigenvalue weighted by molar-refractivity contribution is -0.419. The third-order valence-corrected chi connectivity index (χ3v) is 1.50. The van der Waals surface area contributed by atoms with Crippen LogP contribution in [-0.4, -0.2) is 22.3 Å². The second kappa shape index (κ2) is 3.70. The van der Waals surface area contributed by atoms with Gasteiger partial charge in [0.25, 0.3) is 5.70 Å². The molecule has 13 heavy (non-hydrogen) atoms. The normalized spacial score (nSPS) is 20.6. The van der Waals surface area contributed by atoms with E-state index in [0.717, 1.165) is 0 Å². The van der Waals surface area contributed by atoms with Crippen molar-refractivity contribution in [2.75, 3.05) is 0 Å². The summed E-state index contributed by atoms with van der Waals surface area (Å²) in [5.41, 5.74) is -0.0368. The van der Waals surface area contributed by atoms with E-state index in [0.29, 0.717) is 0 Å². The quantitative estimate of drug-likeness (QED) is 0.396. The van der Waals surface area contributed by atoms with Crippen LogP contribution in [-0.2, 0) is 4.74 Å². The maximum absolute atomic E-state index is 10.2. The van der Waals surface area contributed by atoms with E-state index in [9.17, 15) is 14.9 Å². The maximum atomic E-state index is 10.2. The summed E-state index contributed by atoms with van der Waals surface area (Å²) < 4.78 is 4.38. The average Bonchev–Trinajstić information content (AvgIpc) is 2.04. The smallest absolute Gasteiger partial charge is 0.450 e. The molecule has 0 bridgehead atoms. The van der Waals surface area contributed by atoms with Crippen LogP contribution in [0.2, 0.25) is 0 Å². The lowest BCUT2D eigenvalue weighted by Gasteiger charge is -2.11. The molecule has 70 valence electrons. The Labute approximate surface area is 73.3 Å². The van der Waals surface area contributed by atoms with Gasteiger partial charge in [0, 0.05) is 12.5 Å². The Bertz CT molecular complexity index is 293. The summed E-state index contributed by atoms with van der Waals surface area (Å²) >= 11 is 0. The summed E-state index contributed by atoms with van der Waals surface area (Å²) in [6.45, 7) is 0. The standard InChI is InChI=1S/C7H7NO5/c9-7(10)13-6-3-1-5(2-4-6)8(11)12/h1-3,6H,4H2,(H,9,10). The highest BCUT2D eigenvalue weighted by Gasteiger charge is 2.17. The Morgan fingerprint density at radius 3 is 2.85 bits per heavy atom. The predicted molar refractivity (Wildman–Crippen MR) is 41.7 cm³/mol. The second-order valence-corrected chi connectivity index (χ2v) is 2.40. The maximum Gasteiger partial charge on any atom is 0.506 e. The molecule has 0 saturated heterocycles. The average molecular weight is 185 g/mol. The van der Waals surface area contributed by atoms with E-state index in [2.05, 4.69) is 4.74 Å². The molecule has 1 N–H and O–H groups in total. The van der Waals surface area contributed by atoms with Crippen molar-refractivity contribution < 1.29 is 19.6 Å². The number of hydrogen-bond acceptors (Lipinski definition) is 4. The Balaban J connectivity index is 2.53. The monoisotopic (exact) mass is 185 g/mol. The first-order valence-electron chi connectivity index (χ1n) is 3.52. The highest BCUT2D eigenvalue weighted by Crippen LogP contribution is 2.13. The van der Waals surface area contributed by atoms with Gasteiger partial charge in [-0.15, -0.1) is 0 Å². The zero-order valence-electron chi connectivity index (χ0n) is 6.54. The van der Waals surface area contributed by atoms with Crippen molar-refractivity contribution in [1.82, 2.24) is 0 Å². The molecule has 0 amide bonds. The molecule has 0 aromatic carbocycles. The molecular weight excluding hydrogens is 178 g/mol. The van der Waals surface area contributed by atoms with Crippen LogP contribution in [0.5, 0.6) is 0 Å². The van der Waals surface area contributed by atoms with Crippen LogP contribution in [0.15, 0.2) is 23.9 Å². The minimum absolute atomic E-state index is 0.0368. The fourth-order valence-corrected chi connectivity index (χ4v) is 0.942. The van der Waals surface area contributed by atoms with Gasteiger partial charge in [0.1, 0.15) is 6.10 Å². The van der Waals surface area contributed by atoms with Crippen LogP contribution in [0.1, 0.15) is 6.42 Å². The molecule has 1 aliphatic rings. The molecule has 0 aromatic rings. The van der Waals surface area contributed by atoms with Crippen molar-refractivity contribution in [3.8, 4) is 0 Å². The topological polar surface area (TPSA) is 89.7 Å². The molecule has 0 spiro atoms. The SMILES string of the molecule is O=C(O)OC1C=CC([N+](=O)[O-])=CC1. The molecule has 6 nitrogen and oxygen atoms in total. The Morgan fingerprint density at radius 2 is 2.46 bits per heavy atom. The van der Waals surface area contributed by atoms with Crippen molar-refractivity contribution >= 4 is 6.16 Å². The van der Waals surface area contributed by atoms with Gasteiger partial charge in [-0.1, -0.05) is 0 Å². The predicted octanol–water partition coefficient (Wildman–Crippen LogP) is 1.17. The lowest BCUT2D eigenvalue weighted by atomic mass is 10.1. The summed E-state index contributed by atoms with van der Waals surface area (Å²) in [6, 6.07) is 0. The van der Waals surface area contributed by atoms with Crippen molar-refractivity contribution in [2.24, 2.45) is 0 Å². The van der Waals surface area contributed by atoms with Gasteiger partial charge < -0.3 is 9.84 Å². The summed E-state index contributed by atoms with van der Waals surface area (Å²) in [5.74, 6) is 0. The van der Waals surface area contributed by atoms with Crippen LogP contribution < -0.4 is 0 Å². The first kappa shape index (κ1) is 9.24. The minimum Gasteiger partial charge on any atom is -0.450 e. The first-order chi connectivity index (χ1) is 6.09. The summed E-state index contributed by atoms with van der Waals surface area (Å²) in [6.07, 6.45) is 2.13. The molecule has 1 aliphatic carbocycles. The molecule has 0 radical (unpaired) electrons. The molecule has 0 saturated carbocycles. The van der Waals surface area contributed by atoms with Crippen LogP contribution in [0.25, 0.3) is 0 Å². The Morgan fingerprint density at radius 1 is 1.77 bits per heavy atom. The zero-order chi connectivity index (χ0) is 9.84. The fourth-order valence-electron chi connectivity index (χ4n) is 0.942. The van der Waals surface area contributed by atoms with Gasteiger partial charge in [0.05, 0.1) is 4.92 Å². The number of rotatable bonds is 2. The van der Waals surface area contributed by atoms with Crippen LogP contribution >= 0.6 is 0 Å². The number of ether oxygens (including phenoxy) is 1. The number of hydrogen-bond donors (Lipinski definition) is 1. The molecule has 0 aromatic heterocycles. The molecule has 0 fully saturated rings. The largest absolute Gasteiger partial charge is 0.506 e. The molecule has 1 unspecified atom stereocenters. The number of allylic oxidation sites excluding steroid dienone is 1. The van der Waals surface area contributed by atoms with Crippen molar-refractivity contribution in [2.45, 2.75) is 12.5 Å². The number of carbonyl (C=O) groups is 1. The number of carboxylic acid groups (broad SMARTS) is 1. The number of nitrogens with zero attached hydrogens (tertiary/aromatic N) is 1. The molecule has 0 aliphatic heterocycles. The van der Waals surface area contributed by atoms with E-state index in [4.69, 9.17) is 5.11 Å². The lowest BCUT2D eigenvalue weighted by Crippen LogP contribution is -2.16. The van der Waals surface area contributed by atoms with E-state index >= 15 is 0 Å². The van der Waals surface area contributed by atoms with E-state index in [1.165, 1.54) is 18.2 Å². The Kier molecular flexibility index (Phi) is 2.63. The van der Waals surface area contributed by atoms with Gasteiger partial charge in [0.2, 0.25) is 0 Å². The molecule has 6 heteroatoms. The van der Waals surface area contributed by atoms with E-state index in [1.807, 2.05) is 0 Å². The van der Waals surface area contributed by atoms with Crippen LogP contribution in [0, 0.1) is 10.1 Å². The van der Waals surface area contributed by atoms with Crippen molar-refractivity contribution in [1.29, 1.82) is 0 Å². The van der Waals surface area contributed by atoms with Gasteiger partial charge >= 0.3 is 6.16 Å². The summed E-state index contributed by atoms with van der Waals surface area (Å²) in [5, 5.41) is 18.4. The van der Waals surface area contributed by atoms with Gasteiger partial charge in [-0.3, -0.25) is 10.1 Å². The number of nitro groups is 1. The van der Waals surface area contributed by atoms with Crippen LogP contribution in [0.4, 0.5) is 4.79 Å². The van der Waals surface area contributed by atoms with Crippen LogP contribution in [0.3, 0.4) is 0 Å². The first-order valence-corrected chi connectivity index (χ1v) is 3.52. The van der Waals surface area contributed by atoms with Gasteiger partial charge in [-0.25, -0.2) is 4.79 Å². The van der Waals surface area contributed by atoms with E-state index < -0.39 is 17.2 Å². The second-order valence-electron chi connectivity index (χ2n) is 2.40.